The minimum absolute atomic E-state index is 0.00303. The molecule has 0 fully saturated rings. The lowest BCUT2D eigenvalue weighted by molar-refractivity contribution is 0.453. The maximum atomic E-state index is 8.75. The summed E-state index contributed by atoms with van der Waals surface area (Å²) >= 11 is 0. The molecule has 0 spiro atoms. The Hall–Kier alpha value is -2.34. The summed E-state index contributed by atoms with van der Waals surface area (Å²) in [6.07, 6.45) is 1.58. The highest BCUT2D eigenvalue weighted by Crippen LogP contribution is 2.34. The SMILES string of the molecule is Cc1ccc(C(C)(C)C)c(Oc2ccc(C#N)nc2)c1. The molecule has 0 atom stereocenters. The molecule has 102 valence electrons. The summed E-state index contributed by atoms with van der Waals surface area (Å²) in [5.74, 6) is 1.48. The lowest BCUT2D eigenvalue weighted by atomic mass is 9.86. The first kappa shape index (κ1) is 14.1. The van der Waals surface area contributed by atoms with Crippen molar-refractivity contribution < 1.29 is 4.74 Å². The van der Waals surface area contributed by atoms with Crippen LogP contribution in [-0.2, 0) is 5.41 Å². The molecule has 0 amide bonds. The molecule has 20 heavy (non-hydrogen) atoms. The molecule has 1 heterocycles. The van der Waals surface area contributed by atoms with Gasteiger partial charge in [0.25, 0.3) is 0 Å². The van der Waals surface area contributed by atoms with Crippen LogP contribution in [0, 0.1) is 18.3 Å². The average Bonchev–Trinajstić information content (AvgIpc) is 2.38. The molecule has 0 aliphatic heterocycles. The van der Waals surface area contributed by atoms with Gasteiger partial charge >= 0.3 is 0 Å². The summed E-state index contributed by atoms with van der Waals surface area (Å²) < 4.78 is 5.94. The van der Waals surface area contributed by atoms with E-state index in [1.165, 1.54) is 0 Å². The molecule has 0 bridgehead atoms. The highest BCUT2D eigenvalue weighted by molar-refractivity contribution is 5.44. The smallest absolute Gasteiger partial charge is 0.145 e. The van der Waals surface area contributed by atoms with Crippen molar-refractivity contribution in [3.05, 3.63) is 53.3 Å². The molecule has 1 aromatic heterocycles. The van der Waals surface area contributed by atoms with Crippen molar-refractivity contribution in [1.29, 1.82) is 5.26 Å². The highest BCUT2D eigenvalue weighted by atomic mass is 16.5. The molecule has 3 nitrogen and oxygen atoms in total. The van der Waals surface area contributed by atoms with Crippen LogP contribution in [0.25, 0.3) is 0 Å². The third-order valence-electron chi connectivity index (χ3n) is 3.02. The number of nitriles is 1. The largest absolute Gasteiger partial charge is 0.455 e. The van der Waals surface area contributed by atoms with E-state index < -0.39 is 0 Å². The van der Waals surface area contributed by atoms with Gasteiger partial charge in [0.15, 0.2) is 0 Å². The van der Waals surface area contributed by atoms with Gasteiger partial charge in [0, 0.05) is 5.56 Å². The van der Waals surface area contributed by atoms with E-state index in [9.17, 15) is 0 Å². The molecule has 2 rings (SSSR count). The van der Waals surface area contributed by atoms with Crippen LogP contribution in [0.15, 0.2) is 36.5 Å². The minimum Gasteiger partial charge on any atom is -0.455 e. The summed E-state index contributed by atoms with van der Waals surface area (Å²) in [5.41, 5.74) is 2.68. The Kier molecular flexibility index (Phi) is 3.76. The zero-order chi connectivity index (χ0) is 14.8. The normalized spacial score (nSPS) is 10.9. The van der Waals surface area contributed by atoms with E-state index in [2.05, 4.69) is 37.9 Å². The molecule has 0 aliphatic carbocycles. The Morgan fingerprint density at radius 1 is 1.15 bits per heavy atom. The van der Waals surface area contributed by atoms with Crippen molar-refractivity contribution in [2.45, 2.75) is 33.1 Å². The first-order valence-corrected chi connectivity index (χ1v) is 6.55. The number of hydrogen-bond donors (Lipinski definition) is 0. The van der Waals surface area contributed by atoms with Crippen LogP contribution in [0.2, 0.25) is 0 Å². The standard InChI is InChI=1S/C17H18N2O/c1-12-5-8-15(17(2,3)4)16(9-12)20-14-7-6-13(10-18)19-11-14/h5-9,11H,1-4H3. The van der Waals surface area contributed by atoms with E-state index in [-0.39, 0.29) is 5.41 Å². The predicted molar refractivity (Wildman–Crippen MR) is 78.9 cm³/mol. The first-order chi connectivity index (χ1) is 9.40. The molecule has 0 unspecified atom stereocenters. The number of benzene rings is 1. The maximum Gasteiger partial charge on any atom is 0.145 e. The molecule has 3 heteroatoms. The van der Waals surface area contributed by atoms with Crippen molar-refractivity contribution in [1.82, 2.24) is 4.98 Å². The lowest BCUT2D eigenvalue weighted by Crippen LogP contribution is -2.12. The summed E-state index contributed by atoms with van der Waals surface area (Å²) in [6.45, 7) is 8.50. The average molecular weight is 266 g/mol. The topological polar surface area (TPSA) is 45.9 Å². The summed E-state index contributed by atoms with van der Waals surface area (Å²) in [4.78, 5) is 4.02. The van der Waals surface area contributed by atoms with E-state index in [0.717, 1.165) is 16.9 Å². The number of pyridine rings is 1. The third kappa shape index (κ3) is 3.16. The van der Waals surface area contributed by atoms with E-state index in [4.69, 9.17) is 10.00 Å². The monoisotopic (exact) mass is 266 g/mol. The van der Waals surface area contributed by atoms with Gasteiger partial charge in [-0.3, -0.25) is 0 Å². The molecule has 0 saturated carbocycles. The van der Waals surface area contributed by atoms with Crippen molar-refractivity contribution >= 4 is 0 Å². The van der Waals surface area contributed by atoms with Crippen LogP contribution in [0.1, 0.15) is 37.6 Å². The summed E-state index contributed by atoms with van der Waals surface area (Å²) in [5, 5.41) is 8.75. The van der Waals surface area contributed by atoms with Gasteiger partial charge < -0.3 is 4.74 Å². The van der Waals surface area contributed by atoms with E-state index in [1.54, 1.807) is 18.3 Å². The van der Waals surface area contributed by atoms with Gasteiger partial charge in [-0.15, -0.1) is 0 Å². The highest BCUT2D eigenvalue weighted by Gasteiger charge is 2.19. The van der Waals surface area contributed by atoms with Gasteiger partial charge in [0.1, 0.15) is 23.3 Å². The van der Waals surface area contributed by atoms with E-state index in [1.807, 2.05) is 19.1 Å². The second-order valence-corrected chi connectivity index (χ2v) is 5.84. The van der Waals surface area contributed by atoms with Gasteiger partial charge in [-0.05, 0) is 36.1 Å². The van der Waals surface area contributed by atoms with Gasteiger partial charge in [-0.1, -0.05) is 32.9 Å². The number of aryl methyl sites for hydroxylation is 1. The third-order valence-corrected chi connectivity index (χ3v) is 3.02. The van der Waals surface area contributed by atoms with Crippen LogP contribution in [0.4, 0.5) is 0 Å². The molecule has 0 radical (unpaired) electrons. The van der Waals surface area contributed by atoms with Gasteiger partial charge in [0.2, 0.25) is 0 Å². The fourth-order valence-corrected chi connectivity index (χ4v) is 1.97. The fraction of sp³-hybridized carbons (Fsp3) is 0.294. The summed E-state index contributed by atoms with van der Waals surface area (Å²) in [7, 11) is 0. The number of hydrogen-bond acceptors (Lipinski definition) is 3. The molecule has 1 aromatic carbocycles. The van der Waals surface area contributed by atoms with E-state index >= 15 is 0 Å². The molecule has 0 aliphatic rings. The molecule has 0 N–H and O–H groups in total. The van der Waals surface area contributed by atoms with Crippen molar-refractivity contribution in [3.63, 3.8) is 0 Å². The maximum absolute atomic E-state index is 8.75. The quantitative estimate of drug-likeness (QED) is 0.811. The van der Waals surface area contributed by atoms with Crippen molar-refractivity contribution in [2.24, 2.45) is 0 Å². The molecule has 2 aromatic rings. The fourth-order valence-electron chi connectivity index (χ4n) is 1.97. The minimum atomic E-state index is 0.00303. The van der Waals surface area contributed by atoms with Gasteiger partial charge in [-0.2, -0.15) is 5.26 Å². The van der Waals surface area contributed by atoms with Crippen LogP contribution in [0.5, 0.6) is 11.5 Å². The zero-order valence-electron chi connectivity index (χ0n) is 12.3. The van der Waals surface area contributed by atoms with Crippen LogP contribution in [-0.4, -0.2) is 4.98 Å². The van der Waals surface area contributed by atoms with Gasteiger partial charge in [0.05, 0.1) is 6.20 Å². The summed E-state index contributed by atoms with van der Waals surface area (Å²) in [6, 6.07) is 11.6. The molecular weight excluding hydrogens is 248 g/mol. The van der Waals surface area contributed by atoms with Crippen molar-refractivity contribution in [3.8, 4) is 17.6 Å². The molecular formula is C17H18N2O. The predicted octanol–water partition coefficient (Wildman–Crippen LogP) is 4.35. The van der Waals surface area contributed by atoms with Crippen LogP contribution < -0.4 is 4.74 Å². The van der Waals surface area contributed by atoms with E-state index in [0.29, 0.717) is 11.4 Å². The van der Waals surface area contributed by atoms with Crippen LogP contribution in [0.3, 0.4) is 0 Å². The number of rotatable bonds is 2. The Morgan fingerprint density at radius 3 is 2.45 bits per heavy atom. The second kappa shape index (κ2) is 5.34. The Bertz CT molecular complexity index is 646. The van der Waals surface area contributed by atoms with Gasteiger partial charge in [-0.25, -0.2) is 4.98 Å². The zero-order valence-corrected chi connectivity index (χ0v) is 12.3. The van der Waals surface area contributed by atoms with Crippen molar-refractivity contribution in [2.75, 3.05) is 0 Å². The Balaban J connectivity index is 2.37. The first-order valence-electron chi connectivity index (χ1n) is 6.55. The Labute approximate surface area is 119 Å². The molecule has 0 saturated heterocycles. The second-order valence-electron chi connectivity index (χ2n) is 5.84. The Morgan fingerprint density at radius 2 is 1.90 bits per heavy atom. The lowest BCUT2D eigenvalue weighted by Gasteiger charge is -2.23. The number of aromatic nitrogens is 1. The number of nitrogens with zero attached hydrogens (tertiary/aromatic N) is 2. The number of ether oxygens (including phenoxy) is 1. The van der Waals surface area contributed by atoms with Crippen LogP contribution >= 0.6 is 0 Å².